The van der Waals surface area contributed by atoms with Gasteiger partial charge in [0.1, 0.15) is 5.82 Å². The van der Waals surface area contributed by atoms with E-state index in [1.807, 2.05) is 31.2 Å². The lowest BCUT2D eigenvalue weighted by Crippen LogP contribution is -2.42. The summed E-state index contributed by atoms with van der Waals surface area (Å²) >= 11 is 0. The van der Waals surface area contributed by atoms with Crippen molar-refractivity contribution in [3.8, 4) is 0 Å². The van der Waals surface area contributed by atoms with E-state index in [2.05, 4.69) is 0 Å². The molecule has 5 nitrogen and oxygen atoms in total. The van der Waals surface area contributed by atoms with Crippen LogP contribution in [0.25, 0.3) is 0 Å². The Balaban J connectivity index is 2.00. The molecular weight excluding hydrogens is 441 g/mol. The lowest BCUT2D eigenvalue weighted by molar-refractivity contribution is -0.133. The van der Waals surface area contributed by atoms with Crippen molar-refractivity contribution >= 4 is 16.0 Å². The molecule has 7 heteroatoms. The van der Waals surface area contributed by atoms with Crippen LogP contribution in [0.15, 0.2) is 89.3 Å². The third-order valence-electron chi connectivity index (χ3n) is 5.94. The molecule has 0 aliphatic carbocycles. The quantitative estimate of drug-likeness (QED) is 0.553. The van der Waals surface area contributed by atoms with Gasteiger partial charge in [-0.1, -0.05) is 66.2 Å². The predicted octanol–water partition coefficient (Wildman–Crippen LogP) is 5.33. The highest BCUT2D eigenvalue weighted by Crippen LogP contribution is 2.46. The number of nitrogens with zero attached hydrogens (tertiary/aromatic N) is 1. The summed E-state index contributed by atoms with van der Waals surface area (Å²) in [6, 6.07) is 17.7. The SMILES string of the molecule is Cc1ccc([C@@H]2CC=C(C(=O)O)[C@H](c3cccc(F)c3)N2S(=O)(=O)c2ccccc2C)cc1. The molecule has 1 heterocycles. The van der Waals surface area contributed by atoms with Crippen LogP contribution in [-0.2, 0) is 14.8 Å². The molecular formula is C26H24FNO4S. The zero-order valence-electron chi connectivity index (χ0n) is 18.3. The molecule has 0 aromatic heterocycles. The molecule has 3 aromatic carbocycles. The second-order valence-corrected chi connectivity index (χ2v) is 10.00. The monoisotopic (exact) mass is 465 g/mol. The zero-order chi connectivity index (χ0) is 23.8. The maximum absolute atomic E-state index is 14.2. The highest BCUT2D eigenvalue weighted by Gasteiger charge is 2.45. The summed E-state index contributed by atoms with van der Waals surface area (Å²) in [5.74, 6) is -1.81. The predicted molar refractivity (Wildman–Crippen MR) is 124 cm³/mol. The van der Waals surface area contributed by atoms with Crippen molar-refractivity contribution in [1.29, 1.82) is 0 Å². The molecule has 0 spiro atoms. The third kappa shape index (κ3) is 4.34. The summed E-state index contributed by atoms with van der Waals surface area (Å²) in [6.07, 6.45) is 1.73. The van der Waals surface area contributed by atoms with Gasteiger partial charge in [0.25, 0.3) is 0 Å². The molecule has 0 saturated heterocycles. The van der Waals surface area contributed by atoms with Crippen LogP contribution in [-0.4, -0.2) is 23.8 Å². The van der Waals surface area contributed by atoms with Crippen molar-refractivity contribution in [3.05, 3.63) is 113 Å². The van der Waals surface area contributed by atoms with Crippen molar-refractivity contribution in [1.82, 2.24) is 4.31 Å². The number of halogens is 1. The number of hydrogen-bond acceptors (Lipinski definition) is 3. The molecule has 1 aliphatic rings. The first-order valence-electron chi connectivity index (χ1n) is 10.5. The fourth-order valence-electron chi connectivity index (χ4n) is 4.32. The lowest BCUT2D eigenvalue weighted by atomic mass is 9.89. The summed E-state index contributed by atoms with van der Waals surface area (Å²) in [7, 11) is -4.17. The molecule has 0 radical (unpaired) electrons. The first kappa shape index (κ1) is 22.9. The smallest absolute Gasteiger partial charge is 0.333 e. The highest BCUT2D eigenvalue weighted by atomic mass is 32.2. The summed E-state index contributed by atoms with van der Waals surface area (Å²) in [6.45, 7) is 3.63. The number of benzene rings is 3. The van der Waals surface area contributed by atoms with E-state index in [9.17, 15) is 22.7 Å². The largest absolute Gasteiger partial charge is 0.478 e. The van der Waals surface area contributed by atoms with Crippen LogP contribution in [0.2, 0.25) is 0 Å². The van der Waals surface area contributed by atoms with E-state index in [-0.39, 0.29) is 22.5 Å². The molecule has 0 unspecified atom stereocenters. The fourth-order valence-corrected chi connectivity index (χ4v) is 6.32. The van der Waals surface area contributed by atoms with Gasteiger partial charge in [-0.3, -0.25) is 0 Å². The molecule has 1 N–H and O–H groups in total. The van der Waals surface area contributed by atoms with Gasteiger partial charge in [-0.15, -0.1) is 0 Å². The Kier molecular flexibility index (Phi) is 6.19. The molecule has 2 atom stereocenters. The van der Waals surface area contributed by atoms with E-state index in [0.717, 1.165) is 11.1 Å². The molecule has 4 rings (SSSR count). The number of aliphatic carboxylic acids is 1. The minimum absolute atomic E-state index is 0.0927. The van der Waals surface area contributed by atoms with Gasteiger partial charge in [0.05, 0.1) is 22.6 Å². The average Bonchev–Trinajstić information content (AvgIpc) is 2.78. The second kappa shape index (κ2) is 8.92. The van der Waals surface area contributed by atoms with Crippen molar-refractivity contribution in [2.24, 2.45) is 0 Å². The summed E-state index contributed by atoms with van der Waals surface area (Å²) in [4.78, 5) is 12.3. The molecule has 0 amide bonds. The Labute approximate surface area is 192 Å². The maximum atomic E-state index is 14.2. The standard InChI is InChI=1S/C26H24FNO4S/c1-17-10-12-19(13-11-17)23-15-14-22(26(29)30)25(20-7-5-8-21(27)16-20)28(23)33(31,32)24-9-4-3-6-18(24)2/h3-14,16,23,25H,15H2,1-2H3,(H,29,30)/t23-,25-/m0/s1. The Morgan fingerprint density at radius 2 is 1.67 bits per heavy atom. The maximum Gasteiger partial charge on any atom is 0.333 e. The molecule has 0 bridgehead atoms. The number of carboxylic acid groups (broad SMARTS) is 1. The number of carboxylic acids is 1. The average molecular weight is 466 g/mol. The minimum Gasteiger partial charge on any atom is -0.478 e. The molecule has 33 heavy (non-hydrogen) atoms. The van der Waals surface area contributed by atoms with Gasteiger partial charge in [-0.2, -0.15) is 4.31 Å². The number of rotatable bonds is 5. The van der Waals surface area contributed by atoms with Crippen LogP contribution in [0.3, 0.4) is 0 Å². The Hall–Kier alpha value is -3.29. The van der Waals surface area contributed by atoms with E-state index in [4.69, 9.17) is 0 Å². The van der Waals surface area contributed by atoms with Crippen LogP contribution in [0.1, 0.15) is 40.8 Å². The minimum atomic E-state index is -4.17. The lowest BCUT2D eigenvalue weighted by Gasteiger charge is -2.41. The summed E-state index contributed by atoms with van der Waals surface area (Å²) < 4.78 is 43.6. The Morgan fingerprint density at radius 3 is 2.30 bits per heavy atom. The van der Waals surface area contributed by atoms with E-state index >= 15 is 0 Å². The molecule has 0 saturated carbocycles. The first-order valence-corrected chi connectivity index (χ1v) is 12.0. The van der Waals surface area contributed by atoms with Crippen molar-refractivity contribution in [2.45, 2.75) is 37.2 Å². The number of hydrogen-bond donors (Lipinski definition) is 1. The summed E-state index contributed by atoms with van der Waals surface area (Å²) in [5.41, 5.74) is 2.47. The molecule has 0 fully saturated rings. The van der Waals surface area contributed by atoms with Gasteiger partial charge in [0, 0.05) is 0 Å². The Morgan fingerprint density at radius 1 is 0.970 bits per heavy atom. The van der Waals surface area contributed by atoms with E-state index in [1.165, 1.54) is 28.6 Å². The van der Waals surface area contributed by atoms with Crippen LogP contribution >= 0.6 is 0 Å². The number of aryl methyl sites for hydroxylation is 2. The molecule has 1 aliphatic heterocycles. The highest BCUT2D eigenvalue weighted by molar-refractivity contribution is 7.89. The van der Waals surface area contributed by atoms with E-state index in [0.29, 0.717) is 5.56 Å². The van der Waals surface area contributed by atoms with Gasteiger partial charge < -0.3 is 5.11 Å². The molecule has 3 aromatic rings. The normalized spacial score (nSPS) is 19.2. The van der Waals surface area contributed by atoms with Crippen LogP contribution < -0.4 is 0 Å². The Bertz CT molecular complexity index is 1330. The van der Waals surface area contributed by atoms with Gasteiger partial charge in [-0.25, -0.2) is 17.6 Å². The topological polar surface area (TPSA) is 74.7 Å². The van der Waals surface area contributed by atoms with Gasteiger partial charge in [0.2, 0.25) is 10.0 Å². The van der Waals surface area contributed by atoms with Gasteiger partial charge in [0.15, 0.2) is 0 Å². The van der Waals surface area contributed by atoms with Gasteiger partial charge in [-0.05, 0) is 55.2 Å². The summed E-state index contributed by atoms with van der Waals surface area (Å²) in [5, 5.41) is 9.96. The van der Waals surface area contributed by atoms with E-state index in [1.54, 1.807) is 37.3 Å². The second-order valence-electron chi connectivity index (χ2n) is 8.18. The van der Waals surface area contributed by atoms with Crippen LogP contribution in [0, 0.1) is 19.7 Å². The van der Waals surface area contributed by atoms with Crippen molar-refractivity contribution in [3.63, 3.8) is 0 Å². The zero-order valence-corrected chi connectivity index (χ0v) is 19.1. The first-order chi connectivity index (χ1) is 15.7. The van der Waals surface area contributed by atoms with Crippen molar-refractivity contribution < 1.29 is 22.7 Å². The number of sulfonamides is 1. The van der Waals surface area contributed by atoms with Crippen LogP contribution in [0.4, 0.5) is 4.39 Å². The number of carbonyl (C=O) groups is 1. The van der Waals surface area contributed by atoms with Crippen molar-refractivity contribution in [2.75, 3.05) is 0 Å². The molecule has 170 valence electrons. The van der Waals surface area contributed by atoms with Crippen LogP contribution in [0.5, 0.6) is 0 Å². The van der Waals surface area contributed by atoms with E-state index < -0.39 is 33.9 Å². The fraction of sp³-hybridized carbons (Fsp3) is 0.192. The third-order valence-corrected chi connectivity index (χ3v) is 7.97. The van der Waals surface area contributed by atoms with Gasteiger partial charge >= 0.3 is 5.97 Å².